The van der Waals surface area contributed by atoms with E-state index in [0.717, 1.165) is 0 Å². The maximum atomic E-state index is 4.24. The monoisotopic (exact) mass is 264 g/mol. The summed E-state index contributed by atoms with van der Waals surface area (Å²) in [6.45, 7) is 5.70. The molecule has 4 nitrogen and oxygen atoms in total. The zero-order valence-electron chi connectivity index (χ0n) is 12.5. The zero-order valence-corrected chi connectivity index (χ0v) is 12.5. The molecule has 0 aliphatic carbocycles. The van der Waals surface area contributed by atoms with Crippen LogP contribution in [0.2, 0.25) is 0 Å². The molecule has 108 valence electrons. The van der Waals surface area contributed by atoms with Crippen LogP contribution in [0.5, 0.6) is 0 Å². The highest BCUT2D eigenvalue weighted by Crippen LogP contribution is 2.16. The van der Waals surface area contributed by atoms with E-state index in [1.807, 2.05) is 17.9 Å². The molecule has 1 saturated heterocycles. The molecule has 2 rings (SSSR count). The molecule has 3 unspecified atom stereocenters. The van der Waals surface area contributed by atoms with Gasteiger partial charge in [-0.05, 0) is 39.7 Å². The Morgan fingerprint density at radius 3 is 3.00 bits per heavy atom. The Morgan fingerprint density at radius 1 is 1.42 bits per heavy atom. The fourth-order valence-electron chi connectivity index (χ4n) is 2.98. The smallest absolute Gasteiger partial charge is 0.0537 e. The van der Waals surface area contributed by atoms with Crippen LogP contribution in [0.25, 0.3) is 0 Å². The first-order chi connectivity index (χ1) is 9.15. The summed E-state index contributed by atoms with van der Waals surface area (Å²) in [5.41, 5.74) is 1.27. The molecule has 1 aliphatic heterocycles. The van der Waals surface area contributed by atoms with Gasteiger partial charge in [0, 0.05) is 36.9 Å². The molecule has 0 spiro atoms. The minimum absolute atomic E-state index is 0.370. The molecule has 3 atom stereocenters. The third-order valence-electron chi connectivity index (χ3n) is 4.06. The van der Waals surface area contributed by atoms with Gasteiger partial charge in [-0.1, -0.05) is 12.8 Å². The van der Waals surface area contributed by atoms with Crippen LogP contribution in [-0.2, 0) is 7.05 Å². The molecular formula is C15H28N4. The lowest BCUT2D eigenvalue weighted by molar-refractivity contribution is 0.380. The molecule has 0 radical (unpaired) electrons. The first kappa shape index (κ1) is 14.5. The van der Waals surface area contributed by atoms with E-state index in [0.29, 0.717) is 18.1 Å². The molecular weight excluding hydrogens is 236 g/mol. The van der Waals surface area contributed by atoms with Crippen LogP contribution < -0.4 is 10.6 Å². The van der Waals surface area contributed by atoms with Crippen LogP contribution in [0.3, 0.4) is 0 Å². The van der Waals surface area contributed by atoms with Crippen molar-refractivity contribution < 1.29 is 0 Å². The van der Waals surface area contributed by atoms with E-state index >= 15 is 0 Å². The van der Waals surface area contributed by atoms with Gasteiger partial charge in [-0.15, -0.1) is 0 Å². The van der Waals surface area contributed by atoms with Crippen LogP contribution in [0.1, 0.15) is 57.6 Å². The molecule has 0 bridgehead atoms. The van der Waals surface area contributed by atoms with Crippen molar-refractivity contribution >= 4 is 0 Å². The van der Waals surface area contributed by atoms with Gasteiger partial charge in [-0.2, -0.15) is 5.10 Å². The highest BCUT2D eigenvalue weighted by molar-refractivity contribution is 5.09. The van der Waals surface area contributed by atoms with Crippen LogP contribution in [0.15, 0.2) is 12.4 Å². The quantitative estimate of drug-likeness (QED) is 0.858. The fourth-order valence-corrected chi connectivity index (χ4v) is 2.98. The Hall–Kier alpha value is -0.870. The van der Waals surface area contributed by atoms with E-state index < -0.39 is 0 Å². The van der Waals surface area contributed by atoms with Gasteiger partial charge in [0.25, 0.3) is 0 Å². The lowest BCUT2D eigenvalue weighted by Crippen LogP contribution is -2.37. The molecule has 19 heavy (non-hydrogen) atoms. The van der Waals surface area contributed by atoms with Crippen molar-refractivity contribution in [3.05, 3.63) is 18.0 Å². The van der Waals surface area contributed by atoms with Crippen LogP contribution in [-0.4, -0.2) is 28.4 Å². The molecule has 0 saturated carbocycles. The van der Waals surface area contributed by atoms with Crippen molar-refractivity contribution in [2.24, 2.45) is 7.05 Å². The lowest BCUT2D eigenvalue weighted by atomic mass is 10.0. The summed E-state index contributed by atoms with van der Waals surface area (Å²) < 4.78 is 1.87. The average Bonchev–Trinajstić information content (AvgIpc) is 2.64. The van der Waals surface area contributed by atoms with Gasteiger partial charge >= 0.3 is 0 Å². The van der Waals surface area contributed by atoms with E-state index in [2.05, 4.69) is 35.8 Å². The van der Waals surface area contributed by atoms with Gasteiger partial charge in [-0.3, -0.25) is 4.68 Å². The number of nitrogens with zero attached hydrogens (tertiary/aromatic N) is 2. The summed E-state index contributed by atoms with van der Waals surface area (Å²) in [6, 6.07) is 1.59. The maximum Gasteiger partial charge on any atom is 0.0537 e. The van der Waals surface area contributed by atoms with Crippen molar-refractivity contribution in [3.63, 3.8) is 0 Å². The molecule has 4 heteroatoms. The molecule has 0 amide bonds. The molecule has 1 aromatic heterocycles. The molecule has 2 heterocycles. The van der Waals surface area contributed by atoms with Crippen LogP contribution >= 0.6 is 0 Å². The number of hydrogen-bond acceptors (Lipinski definition) is 3. The third kappa shape index (κ3) is 4.62. The van der Waals surface area contributed by atoms with Crippen molar-refractivity contribution in [3.8, 4) is 0 Å². The van der Waals surface area contributed by atoms with Gasteiger partial charge in [0.15, 0.2) is 0 Å². The van der Waals surface area contributed by atoms with Crippen molar-refractivity contribution in [2.75, 3.05) is 6.54 Å². The number of aromatic nitrogens is 2. The van der Waals surface area contributed by atoms with Crippen molar-refractivity contribution in [1.29, 1.82) is 0 Å². The Bertz CT molecular complexity index is 366. The third-order valence-corrected chi connectivity index (χ3v) is 4.06. The lowest BCUT2D eigenvalue weighted by Gasteiger charge is -2.24. The number of rotatable bonds is 5. The summed E-state index contributed by atoms with van der Waals surface area (Å²) in [4.78, 5) is 0. The van der Waals surface area contributed by atoms with Gasteiger partial charge < -0.3 is 10.6 Å². The minimum atomic E-state index is 0.370. The Labute approximate surface area is 117 Å². The molecule has 1 aromatic rings. The van der Waals surface area contributed by atoms with Gasteiger partial charge in [-0.25, -0.2) is 0 Å². The Morgan fingerprint density at radius 2 is 2.26 bits per heavy atom. The summed E-state index contributed by atoms with van der Waals surface area (Å²) in [7, 11) is 1.97. The SMILES string of the molecule is CC(CC1CCCCCN1)NC(C)c1cnn(C)c1. The highest BCUT2D eigenvalue weighted by Gasteiger charge is 2.17. The number of aryl methyl sites for hydroxylation is 1. The predicted octanol–water partition coefficient (Wildman–Crippen LogP) is 2.38. The van der Waals surface area contributed by atoms with E-state index in [1.54, 1.807) is 0 Å². The molecule has 0 aromatic carbocycles. The van der Waals surface area contributed by atoms with Crippen molar-refractivity contribution in [1.82, 2.24) is 20.4 Å². The highest BCUT2D eigenvalue weighted by atomic mass is 15.2. The summed E-state index contributed by atoms with van der Waals surface area (Å²) in [5, 5.41) is 11.6. The number of nitrogens with one attached hydrogen (secondary N) is 2. The largest absolute Gasteiger partial charge is 0.314 e. The Balaban J connectivity index is 1.78. The summed E-state index contributed by atoms with van der Waals surface area (Å²) >= 11 is 0. The van der Waals surface area contributed by atoms with Crippen LogP contribution in [0, 0.1) is 0 Å². The standard InChI is InChI=1S/C15H28N4/c1-12(9-15-7-5-4-6-8-16-15)18-13(2)14-10-17-19(3)11-14/h10-13,15-16,18H,4-9H2,1-3H3. The van der Waals surface area contributed by atoms with E-state index in [1.165, 1.54) is 44.2 Å². The predicted molar refractivity (Wildman–Crippen MR) is 79.1 cm³/mol. The van der Waals surface area contributed by atoms with Crippen molar-refractivity contribution in [2.45, 2.75) is 64.1 Å². The normalized spacial score (nSPS) is 23.8. The second-order valence-corrected chi connectivity index (χ2v) is 5.97. The van der Waals surface area contributed by atoms with E-state index in [-0.39, 0.29) is 0 Å². The minimum Gasteiger partial charge on any atom is -0.314 e. The second-order valence-electron chi connectivity index (χ2n) is 5.97. The summed E-state index contributed by atoms with van der Waals surface area (Å²) in [6.07, 6.45) is 10.7. The van der Waals surface area contributed by atoms with Gasteiger partial charge in [0.1, 0.15) is 0 Å². The summed E-state index contributed by atoms with van der Waals surface area (Å²) in [5.74, 6) is 0. The number of hydrogen-bond donors (Lipinski definition) is 2. The second kappa shape index (κ2) is 7.06. The molecule has 1 aliphatic rings. The maximum absolute atomic E-state index is 4.24. The van der Waals surface area contributed by atoms with Crippen LogP contribution in [0.4, 0.5) is 0 Å². The molecule has 1 fully saturated rings. The van der Waals surface area contributed by atoms with E-state index in [9.17, 15) is 0 Å². The first-order valence-corrected chi connectivity index (χ1v) is 7.63. The fraction of sp³-hybridized carbons (Fsp3) is 0.800. The molecule has 2 N–H and O–H groups in total. The zero-order chi connectivity index (χ0) is 13.7. The van der Waals surface area contributed by atoms with E-state index in [4.69, 9.17) is 0 Å². The van der Waals surface area contributed by atoms with Gasteiger partial charge in [0.05, 0.1) is 6.20 Å². The Kier molecular flexibility index (Phi) is 5.40. The first-order valence-electron chi connectivity index (χ1n) is 7.63. The van der Waals surface area contributed by atoms with Gasteiger partial charge in [0.2, 0.25) is 0 Å². The topological polar surface area (TPSA) is 41.9 Å². The average molecular weight is 264 g/mol.